The molecule has 0 bridgehead atoms. The Morgan fingerprint density at radius 3 is 2.67 bits per heavy atom. The second kappa shape index (κ2) is 5.38. The number of likely N-dealkylation sites (tertiary alicyclic amines) is 1. The molecule has 2 N–H and O–H groups in total. The maximum Gasteiger partial charge on any atom is 0.314 e. The van der Waals surface area contributed by atoms with Crippen molar-refractivity contribution in [3.8, 4) is 0 Å². The Bertz CT molecular complexity index is 216. The van der Waals surface area contributed by atoms with E-state index in [-0.39, 0.29) is 6.03 Å². The van der Waals surface area contributed by atoms with Crippen molar-refractivity contribution in [2.75, 3.05) is 13.1 Å². The molecule has 1 aliphatic rings. The minimum absolute atomic E-state index is 0.252. The van der Waals surface area contributed by atoms with E-state index in [0.717, 1.165) is 25.4 Å². The first-order valence-electron chi connectivity index (χ1n) is 6.10. The summed E-state index contributed by atoms with van der Waals surface area (Å²) in [5.41, 5.74) is 5.33. The highest BCUT2D eigenvalue weighted by Crippen LogP contribution is 2.31. The number of hydrogen-bond donors (Lipinski definition) is 1. The van der Waals surface area contributed by atoms with E-state index in [2.05, 4.69) is 20.8 Å². The summed E-state index contributed by atoms with van der Waals surface area (Å²) in [7, 11) is 0. The van der Waals surface area contributed by atoms with Crippen LogP contribution in [0.25, 0.3) is 0 Å². The Hall–Kier alpha value is -0.730. The van der Waals surface area contributed by atoms with Crippen molar-refractivity contribution in [3.05, 3.63) is 0 Å². The molecular formula is C12H24N2O. The van der Waals surface area contributed by atoms with E-state index in [1.165, 1.54) is 12.8 Å². The van der Waals surface area contributed by atoms with Gasteiger partial charge in [0.2, 0.25) is 0 Å². The zero-order valence-electron chi connectivity index (χ0n) is 10.2. The predicted molar refractivity (Wildman–Crippen MR) is 62.5 cm³/mol. The third-order valence-corrected chi connectivity index (χ3v) is 3.70. The van der Waals surface area contributed by atoms with Gasteiger partial charge in [0.15, 0.2) is 0 Å². The number of urea groups is 1. The predicted octanol–water partition coefficient (Wildman–Crippen LogP) is 2.46. The smallest absolute Gasteiger partial charge is 0.314 e. The van der Waals surface area contributed by atoms with E-state index < -0.39 is 0 Å². The van der Waals surface area contributed by atoms with Gasteiger partial charge in [0, 0.05) is 13.1 Å². The lowest BCUT2D eigenvalue weighted by molar-refractivity contribution is 0.126. The van der Waals surface area contributed by atoms with E-state index in [4.69, 9.17) is 5.73 Å². The summed E-state index contributed by atoms with van der Waals surface area (Å²) in [6.07, 6.45) is 3.56. The van der Waals surface area contributed by atoms with Gasteiger partial charge in [0.25, 0.3) is 0 Å². The fourth-order valence-electron chi connectivity index (χ4n) is 2.91. The first-order valence-corrected chi connectivity index (χ1v) is 6.10. The minimum Gasteiger partial charge on any atom is -0.351 e. The highest BCUT2D eigenvalue weighted by molar-refractivity contribution is 5.72. The molecule has 3 heteroatoms. The SMILES string of the molecule is CCC(C(C)C)C1CCCN(C(N)=O)C1. The van der Waals surface area contributed by atoms with Crippen LogP contribution in [-0.2, 0) is 0 Å². The summed E-state index contributed by atoms with van der Waals surface area (Å²) < 4.78 is 0. The van der Waals surface area contributed by atoms with Crippen LogP contribution in [0.5, 0.6) is 0 Å². The van der Waals surface area contributed by atoms with Gasteiger partial charge in [-0.3, -0.25) is 0 Å². The van der Waals surface area contributed by atoms with Crippen LogP contribution in [0.15, 0.2) is 0 Å². The number of piperidine rings is 1. The molecule has 1 fully saturated rings. The van der Waals surface area contributed by atoms with E-state index in [1.807, 2.05) is 0 Å². The zero-order chi connectivity index (χ0) is 11.4. The van der Waals surface area contributed by atoms with E-state index in [0.29, 0.717) is 11.8 Å². The van der Waals surface area contributed by atoms with Crippen molar-refractivity contribution in [2.45, 2.75) is 40.0 Å². The number of amides is 2. The lowest BCUT2D eigenvalue weighted by atomic mass is 9.77. The molecule has 0 saturated carbocycles. The lowest BCUT2D eigenvalue weighted by Gasteiger charge is -2.37. The Balaban J connectivity index is 2.58. The van der Waals surface area contributed by atoms with Gasteiger partial charge in [-0.1, -0.05) is 27.2 Å². The molecule has 2 atom stereocenters. The molecule has 1 heterocycles. The Morgan fingerprint density at radius 1 is 1.53 bits per heavy atom. The molecule has 0 radical (unpaired) electrons. The second-order valence-electron chi connectivity index (χ2n) is 5.00. The minimum atomic E-state index is -0.252. The monoisotopic (exact) mass is 212 g/mol. The molecule has 0 aromatic carbocycles. The van der Waals surface area contributed by atoms with Gasteiger partial charge >= 0.3 is 6.03 Å². The van der Waals surface area contributed by atoms with Crippen molar-refractivity contribution in [1.82, 2.24) is 4.90 Å². The number of carbonyl (C=O) groups excluding carboxylic acids is 1. The third-order valence-electron chi connectivity index (χ3n) is 3.70. The first-order chi connectivity index (χ1) is 7.06. The number of nitrogens with two attached hydrogens (primary N) is 1. The van der Waals surface area contributed by atoms with E-state index >= 15 is 0 Å². The average molecular weight is 212 g/mol. The summed E-state index contributed by atoms with van der Waals surface area (Å²) in [4.78, 5) is 12.9. The van der Waals surface area contributed by atoms with Gasteiger partial charge in [0.1, 0.15) is 0 Å². The van der Waals surface area contributed by atoms with Crippen molar-refractivity contribution < 1.29 is 4.79 Å². The Kier molecular flexibility index (Phi) is 4.43. The molecule has 0 aromatic rings. The first kappa shape index (κ1) is 12.3. The van der Waals surface area contributed by atoms with Crippen LogP contribution in [0.3, 0.4) is 0 Å². The summed E-state index contributed by atoms with van der Waals surface area (Å²) in [5, 5.41) is 0. The normalized spacial score (nSPS) is 24.3. The number of nitrogens with zero attached hydrogens (tertiary/aromatic N) is 1. The van der Waals surface area contributed by atoms with Crippen LogP contribution in [0.1, 0.15) is 40.0 Å². The van der Waals surface area contributed by atoms with Crippen molar-refractivity contribution in [3.63, 3.8) is 0 Å². The molecular weight excluding hydrogens is 188 g/mol. The standard InChI is InChI=1S/C12H24N2O/c1-4-11(9(2)3)10-6-5-7-14(8-10)12(13)15/h9-11H,4-8H2,1-3H3,(H2,13,15). The van der Waals surface area contributed by atoms with Gasteiger partial charge < -0.3 is 10.6 Å². The number of primary amides is 1. The molecule has 88 valence electrons. The average Bonchev–Trinajstić information content (AvgIpc) is 2.18. The number of rotatable bonds is 3. The molecule has 2 unspecified atom stereocenters. The summed E-state index contributed by atoms with van der Waals surface area (Å²) >= 11 is 0. The third kappa shape index (κ3) is 3.11. The Labute approximate surface area is 93.0 Å². The molecule has 15 heavy (non-hydrogen) atoms. The molecule has 2 amide bonds. The number of hydrogen-bond acceptors (Lipinski definition) is 1. The Morgan fingerprint density at radius 2 is 2.20 bits per heavy atom. The molecule has 0 aliphatic carbocycles. The fourth-order valence-corrected chi connectivity index (χ4v) is 2.91. The van der Waals surface area contributed by atoms with Gasteiger partial charge in [-0.25, -0.2) is 4.79 Å². The topological polar surface area (TPSA) is 46.3 Å². The highest BCUT2D eigenvalue weighted by Gasteiger charge is 2.29. The second-order valence-corrected chi connectivity index (χ2v) is 5.00. The van der Waals surface area contributed by atoms with Crippen molar-refractivity contribution in [2.24, 2.45) is 23.5 Å². The summed E-state index contributed by atoms with van der Waals surface area (Å²) in [6.45, 7) is 8.51. The maximum absolute atomic E-state index is 11.1. The molecule has 1 saturated heterocycles. The summed E-state index contributed by atoms with van der Waals surface area (Å²) in [6, 6.07) is -0.252. The van der Waals surface area contributed by atoms with Crippen LogP contribution in [0.2, 0.25) is 0 Å². The van der Waals surface area contributed by atoms with Crippen LogP contribution in [-0.4, -0.2) is 24.0 Å². The molecule has 1 rings (SSSR count). The highest BCUT2D eigenvalue weighted by atomic mass is 16.2. The fraction of sp³-hybridized carbons (Fsp3) is 0.917. The van der Waals surface area contributed by atoms with E-state index in [1.54, 1.807) is 4.90 Å². The van der Waals surface area contributed by atoms with Gasteiger partial charge in [0.05, 0.1) is 0 Å². The summed E-state index contributed by atoms with van der Waals surface area (Å²) in [5.74, 6) is 2.08. The van der Waals surface area contributed by atoms with Crippen LogP contribution in [0.4, 0.5) is 4.79 Å². The van der Waals surface area contributed by atoms with Crippen LogP contribution in [0, 0.1) is 17.8 Å². The van der Waals surface area contributed by atoms with Crippen molar-refractivity contribution in [1.29, 1.82) is 0 Å². The van der Waals surface area contributed by atoms with Gasteiger partial charge in [-0.05, 0) is 30.6 Å². The van der Waals surface area contributed by atoms with Crippen LogP contribution >= 0.6 is 0 Å². The molecule has 3 nitrogen and oxygen atoms in total. The zero-order valence-corrected chi connectivity index (χ0v) is 10.2. The van der Waals surface area contributed by atoms with Crippen LogP contribution < -0.4 is 5.73 Å². The number of carbonyl (C=O) groups is 1. The van der Waals surface area contributed by atoms with Crippen molar-refractivity contribution >= 4 is 6.03 Å². The van der Waals surface area contributed by atoms with E-state index in [9.17, 15) is 4.79 Å². The molecule has 1 aliphatic heterocycles. The van der Waals surface area contributed by atoms with Gasteiger partial charge in [-0.2, -0.15) is 0 Å². The largest absolute Gasteiger partial charge is 0.351 e. The molecule has 0 aromatic heterocycles. The van der Waals surface area contributed by atoms with Gasteiger partial charge in [-0.15, -0.1) is 0 Å². The quantitative estimate of drug-likeness (QED) is 0.767. The molecule has 0 spiro atoms. The maximum atomic E-state index is 11.1. The lowest BCUT2D eigenvalue weighted by Crippen LogP contribution is -2.45.